The van der Waals surface area contributed by atoms with Gasteiger partial charge in [0.25, 0.3) is 0 Å². The van der Waals surface area contributed by atoms with E-state index in [1.807, 2.05) is 4.68 Å². The highest BCUT2D eigenvalue weighted by Gasteiger charge is 2.22. The Morgan fingerprint density at radius 3 is 2.18 bits per heavy atom. The fourth-order valence-electron chi connectivity index (χ4n) is 2.01. The normalized spacial score (nSPS) is 13.6. The van der Waals surface area contributed by atoms with E-state index in [1.165, 1.54) is 0 Å². The van der Waals surface area contributed by atoms with Crippen LogP contribution in [0.5, 0.6) is 5.75 Å². The Kier molecular flexibility index (Phi) is 4.61. The topological polar surface area (TPSA) is 38.0 Å². The van der Waals surface area contributed by atoms with Gasteiger partial charge in [0.15, 0.2) is 5.75 Å². The lowest BCUT2D eigenvalue weighted by atomic mass is 10.0. The summed E-state index contributed by atoms with van der Waals surface area (Å²) in [5.41, 5.74) is 1.85. The van der Waals surface area contributed by atoms with Gasteiger partial charge in [-0.1, -0.05) is 27.7 Å². The maximum Gasteiger partial charge on any atom is 0.160 e. The van der Waals surface area contributed by atoms with Crippen molar-refractivity contribution in [3.05, 3.63) is 11.4 Å². The second kappa shape index (κ2) is 5.56. The van der Waals surface area contributed by atoms with E-state index in [9.17, 15) is 5.11 Å². The molecular formula is C14H26N2O. The summed E-state index contributed by atoms with van der Waals surface area (Å²) in [6.07, 6.45) is 1.89. The highest BCUT2D eigenvalue weighted by molar-refractivity contribution is 5.35. The molecule has 3 heteroatoms. The molecule has 0 amide bonds. The predicted molar refractivity (Wildman–Crippen MR) is 71.5 cm³/mol. The lowest BCUT2D eigenvalue weighted by molar-refractivity contribution is 0.438. The van der Waals surface area contributed by atoms with Gasteiger partial charge in [0.2, 0.25) is 0 Å². The molecule has 1 atom stereocenters. The van der Waals surface area contributed by atoms with Crippen LogP contribution in [-0.2, 0) is 6.42 Å². The van der Waals surface area contributed by atoms with Gasteiger partial charge in [-0.3, -0.25) is 4.68 Å². The van der Waals surface area contributed by atoms with E-state index in [2.05, 4.69) is 46.6 Å². The van der Waals surface area contributed by atoms with Crippen molar-refractivity contribution < 1.29 is 5.11 Å². The molecule has 0 aliphatic carbocycles. The molecular weight excluding hydrogens is 212 g/mol. The molecule has 0 aromatic carbocycles. The van der Waals surface area contributed by atoms with E-state index in [-0.39, 0.29) is 0 Å². The minimum absolute atomic E-state index is 0.299. The first-order valence-electron chi connectivity index (χ1n) is 6.68. The van der Waals surface area contributed by atoms with Gasteiger partial charge < -0.3 is 5.11 Å². The summed E-state index contributed by atoms with van der Waals surface area (Å²) in [6.45, 7) is 12.8. The van der Waals surface area contributed by atoms with Gasteiger partial charge in [-0.15, -0.1) is 0 Å². The molecule has 0 saturated heterocycles. The number of rotatable bonds is 5. The quantitative estimate of drug-likeness (QED) is 0.845. The third-order valence-corrected chi connectivity index (χ3v) is 3.18. The van der Waals surface area contributed by atoms with Crippen molar-refractivity contribution in [1.82, 2.24) is 9.78 Å². The molecule has 1 rings (SSSR count). The van der Waals surface area contributed by atoms with Crippen LogP contribution < -0.4 is 0 Å². The van der Waals surface area contributed by atoms with E-state index in [0.717, 1.165) is 24.2 Å². The minimum atomic E-state index is 0.299. The van der Waals surface area contributed by atoms with E-state index in [4.69, 9.17) is 0 Å². The molecule has 1 aromatic rings. The van der Waals surface area contributed by atoms with Gasteiger partial charge in [0.1, 0.15) is 5.69 Å². The summed E-state index contributed by atoms with van der Waals surface area (Å²) in [6, 6.07) is 0.299. The van der Waals surface area contributed by atoms with Crippen LogP contribution in [0.25, 0.3) is 0 Å². The highest BCUT2D eigenvalue weighted by Crippen LogP contribution is 2.33. The fraction of sp³-hybridized carbons (Fsp3) is 0.786. The molecule has 0 saturated carbocycles. The van der Waals surface area contributed by atoms with Crippen molar-refractivity contribution in [2.45, 2.75) is 66.3 Å². The highest BCUT2D eigenvalue weighted by atomic mass is 16.3. The molecule has 98 valence electrons. The Hall–Kier alpha value is -0.990. The van der Waals surface area contributed by atoms with Gasteiger partial charge in [-0.05, 0) is 32.6 Å². The van der Waals surface area contributed by atoms with Gasteiger partial charge in [-0.2, -0.15) is 5.10 Å². The molecule has 1 unspecified atom stereocenters. The number of nitrogens with zero attached hydrogens (tertiary/aromatic N) is 2. The minimum Gasteiger partial charge on any atom is -0.504 e. The average Bonchev–Trinajstić information content (AvgIpc) is 2.55. The lowest BCUT2D eigenvalue weighted by Gasteiger charge is -2.12. The fourth-order valence-corrected chi connectivity index (χ4v) is 2.01. The number of hydrogen-bond donors (Lipinski definition) is 1. The van der Waals surface area contributed by atoms with E-state index in [0.29, 0.717) is 23.6 Å². The lowest BCUT2D eigenvalue weighted by Crippen LogP contribution is -2.10. The van der Waals surface area contributed by atoms with Gasteiger partial charge in [0.05, 0.1) is 5.69 Å². The molecule has 17 heavy (non-hydrogen) atoms. The number of hydrogen-bond acceptors (Lipinski definition) is 2. The molecule has 0 aliphatic heterocycles. The second-order valence-corrected chi connectivity index (χ2v) is 5.63. The number of aromatic nitrogens is 2. The van der Waals surface area contributed by atoms with Gasteiger partial charge in [0, 0.05) is 12.0 Å². The zero-order chi connectivity index (χ0) is 13.2. The summed E-state index contributed by atoms with van der Waals surface area (Å²) in [5.74, 6) is 1.27. The molecule has 1 heterocycles. The Bertz CT molecular complexity index is 367. The molecule has 0 spiro atoms. The first-order chi connectivity index (χ1) is 7.88. The van der Waals surface area contributed by atoms with Crippen molar-refractivity contribution in [2.75, 3.05) is 0 Å². The smallest absolute Gasteiger partial charge is 0.160 e. The molecule has 0 aliphatic rings. The van der Waals surface area contributed by atoms with Crippen molar-refractivity contribution in [2.24, 2.45) is 5.92 Å². The van der Waals surface area contributed by atoms with Crippen LogP contribution in [0.2, 0.25) is 0 Å². The standard InChI is InChI=1S/C14H26N2O/c1-7-11(6)13-14(17)12(8-9(2)3)16(15-13)10(4)5/h9-11,17H,7-8H2,1-6H3. The Balaban J connectivity index is 3.20. The van der Waals surface area contributed by atoms with E-state index in [1.54, 1.807) is 0 Å². The van der Waals surface area contributed by atoms with Crippen molar-refractivity contribution in [3.63, 3.8) is 0 Å². The first-order valence-corrected chi connectivity index (χ1v) is 6.68. The Morgan fingerprint density at radius 1 is 1.18 bits per heavy atom. The van der Waals surface area contributed by atoms with Gasteiger partial charge >= 0.3 is 0 Å². The van der Waals surface area contributed by atoms with Crippen LogP contribution in [0, 0.1) is 5.92 Å². The van der Waals surface area contributed by atoms with Crippen molar-refractivity contribution in [1.29, 1.82) is 0 Å². The largest absolute Gasteiger partial charge is 0.504 e. The number of aromatic hydroxyl groups is 1. The summed E-state index contributed by atoms with van der Waals surface area (Å²) in [5, 5.41) is 14.9. The summed E-state index contributed by atoms with van der Waals surface area (Å²) >= 11 is 0. The molecule has 0 bridgehead atoms. The average molecular weight is 238 g/mol. The summed E-state index contributed by atoms with van der Waals surface area (Å²) < 4.78 is 1.98. The molecule has 1 aromatic heterocycles. The van der Waals surface area contributed by atoms with Crippen LogP contribution >= 0.6 is 0 Å². The summed E-state index contributed by atoms with van der Waals surface area (Å²) in [7, 11) is 0. The summed E-state index contributed by atoms with van der Waals surface area (Å²) in [4.78, 5) is 0. The van der Waals surface area contributed by atoms with Crippen LogP contribution in [-0.4, -0.2) is 14.9 Å². The molecule has 0 radical (unpaired) electrons. The zero-order valence-corrected chi connectivity index (χ0v) is 12.0. The molecule has 3 nitrogen and oxygen atoms in total. The molecule has 1 N–H and O–H groups in total. The SMILES string of the molecule is CCC(C)c1nn(C(C)C)c(CC(C)C)c1O. The maximum absolute atomic E-state index is 10.3. The first kappa shape index (κ1) is 14.1. The third kappa shape index (κ3) is 3.02. The van der Waals surface area contributed by atoms with Crippen LogP contribution in [0.3, 0.4) is 0 Å². The van der Waals surface area contributed by atoms with Gasteiger partial charge in [-0.25, -0.2) is 0 Å². The van der Waals surface area contributed by atoms with Crippen LogP contribution in [0.1, 0.15) is 71.3 Å². The zero-order valence-electron chi connectivity index (χ0n) is 12.0. The Labute approximate surface area is 105 Å². The van der Waals surface area contributed by atoms with Crippen LogP contribution in [0.15, 0.2) is 0 Å². The van der Waals surface area contributed by atoms with Crippen molar-refractivity contribution >= 4 is 0 Å². The van der Waals surface area contributed by atoms with Crippen molar-refractivity contribution in [3.8, 4) is 5.75 Å². The maximum atomic E-state index is 10.3. The Morgan fingerprint density at radius 2 is 1.76 bits per heavy atom. The second-order valence-electron chi connectivity index (χ2n) is 5.63. The predicted octanol–water partition coefficient (Wildman–Crippen LogP) is 3.88. The molecule has 0 fully saturated rings. The monoisotopic (exact) mass is 238 g/mol. The third-order valence-electron chi connectivity index (χ3n) is 3.18. The van der Waals surface area contributed by atoms with Crippen LogP contribution in [0.4, 0.5) is 0 Å². The van der Waals surface area contributed by atoms with E-state index >= 15 is 0 Å². The van der Waals surface area contributed by atoms with E-state index < -0.39 is 0 Å².